The van der Waals surface area contributed by atoms with Crippen molar-refractivity contribution in [1.29, 1.82) is 0 Å². The number of hydrogen-bond acceptors (Lipinski definition) is 5. The van der Waals surface area contributed by atoms with Crippen molar-refractivity contribution in [2.45, 2.75) is 6.10 Å². The summed E-state index contributed by atoms with van der Waals surface area (Å²) in [5.74, 6) is -2.13. The van der Waals surface area contributed by atoms with Crippen LogP contribution in [-0.4, -0.2) is 43.1 Å². The minimum atomic E-state index is -1.32. The predicted molar refractivity (Wildman–Crippen MR) is 57.0 cm³/mol. The van der Waals surface area contributed by atoms with E-state index in [1.54, 1.807) is 0 Å². The third-order valence-corrected chi connectivity index (χ3v) is 1.98. The molecule has 4 N–H and O–H groups in total. The summed E-state index contributed by atoms with van der Waals surface area (Å²) >= 11 is 4.61. The van der Waals surface area contributed by atoms with Gasteiger partial charge in [0.25, 0.3) is 5.91 Å². The maximum absolute atomic E-state index is 11.5. The van der Waals surface area contributed by atoms with Gasteiger partial charge in [0.15, 0.2) is 11.4 Å². The minimum absolute atomic E-state index is 0.204. The molecular weight excluding hydrogens is 234 g/mol. The van der Waals surface area contributed by atoms with E-state index in [9.17, 15) is 9.59 Å². The molecule has 0 spiro atoms. The zero-order valence-electron chi connectivity index (χ0n) is 7.93. The number of aliphatic hydroxyl groups excluding tert-OH is 1. The van der Waals surface area contributed by atoms with Crippen LogP contribution in [0.5, 0.6) is 0 Å². The Bertz CT molecular complexity index is 440. The summed E-state index contributed by atoms with van der Waals surface area (Å²) in [5.41, 5.74) is -0.658. The summed E-state index contributed by atoms with van der Waals surface area (Å²) in [7, 11) is 0. The van der Waals surface area contributed by atoms with Crippen LogP contribution in [0.2, 0.25) is 0 Å². The van der Waals surface area contributed by atoms with Crippen molar-refractivity contribution in [3.05, 3.63) is 24.6 Å². The smallest absolute Gasteiger partial charge is 0.354 e. The minimum Gasteiger partial charge on any atom is -0.477 e. The third kappa shape index (κ3) is 2.61. The molecule has 1 amide bonds. The van der Waals surface area contributed by atoms with E-state index in [0.29, 0.717) is 0 Å². The average Bonchev–Trinajstić information content (AvgIpc) is 2.65. The molecule has 0 bridgehead atoms. The number of carbonyl (C=O) groups excluding carboxylic acids is 1. The fourth-order valence-corrected chi connectivity index (χ4v) is 0.977. The van der Waals surface area contributed by atoms with Gasteiger partial charge in [-0.1, -0.05) is 12.2 Å². The molecule has 1 heterocycles. The zero-order chi connectivity index (χ0) is 12.3. The molecule has 1 rings (SSSR count). The number of aromatic carboxylic acids is 1. The van der Waals surface area contributed by atoms with Crippen LogP contribution in [-0.2, 0) is 0 Å². The molecule has 1 radical (unpaired) electrons. The van der Waals surface area contributed by atoms with Gasteiger partial charge >= 0.3 is 5.97 Å². The number of aromatic nitrogens is 2. The standard InChI is InChI=1S/C8H8N3O4S/c1-3(12)7(16)11-6(13)4-5(8(14)15)10-2-9-4/h2-3,12H,1H2,(H,9,10)(H,14,15)(H,11,13,16). The van der Waals surface area contributed by atoms with Crippen LogP contribution >= 0.6 is 12.2 Å². The molecule has 0 saturated carbocycles. The number of aliphatic hydroxyl groups is 1. The van der Waals surface area contributed by atoms with E-state index in [1.807, 2.05) is 0 Å². The summed E-state index contributed by atoms with van der Waals surface area (Å²) in [6.07, 6.45) is -0.173. The van der Waals surface area contributed by atoms with Gasteiger partial charge in [-0.2, -0.15) is 0 Å². The fraction of sp³-hybridized carbons (Fsp3) is 0.125. The number of rotatable bonds is 3. The second-order valence-electron chi connectivity index (χ2n) is 2.77. The molecule has 16 heavy (non-hydrogen) atoms. The lowest BCUT2D eigenvalue weighted by atomic mass is 10.3. The Morgan fingerprint density at radius 1 is 1.62 bits per heavy atom. The molecular formula is C8H8N3O4S. The normalized spacial score (nSPS) is 11.9. The Labute approximate surface area is 95.5 Å². The number of imidazole rings is 1. The van der Waals surface area contributed by atoms with Crippen LogP contribution < -0.4 is 5.32 Å². The number of carbonyl (C=O) groups is 2. The maximum atomic E-state index is 11.5. The highest BCUT2D eigenvalue weighted by Gasteiger charge is 2.21. The Morgan fingerprint density at radius 3 is 2.75 bits per heavy atom. The molecule has 1 aromatic heterocycles. The number of carboxylic acids is 1. The van der Waals surface area contributed by atoms with Gasteiger partial charge in [-0.3, -0.25) is 4.79 Å². The van der Waals surface area contributed by atoms with Crippen LogP contribution in [0, 0.1) is 6.92 Å². The number of hydrogen-bond donors (Lipinski definition) is 4. The molecule has 1 unspecified atom stereocenters. The van der Waals surface area contributed by atoms with Crippen molar-refractivity contribution < 1.29 is 19.8 Å². The lowest BCUT2D eigenvalue weighted by Gasteiger charge is -2.07. The summed E-state index contributed by atoms with van der Waals surface area (Å²) in [5, 5.41) is 19.7. The van der Waals surface area contributed by atoms with Crippen molar-refractivity contribution in [1.82, 2.24) is 15.3 Å². The van der Waals surface area contributed by atoms with Gasteiger partial charge in [0.2, 0.25) is 0 Å². The highest BCUT2D eigenvalue weighted by atomic mass is 32.1. The maximum Gasteiger partial charge on any atom is 0.354 e. The van der Waals surface area contributed by atoms with Gasteiger partial charge in [0.1, 0.15) is 11.1 Å². The molecule has 85 valence electrons. The molecule has 1 aromatic rings. The third-order valence-electron chi connectivity index (χ3n) is 1.61. The van der Waals surface area contributed by atoms with Crippen molar-refractivity contribution in [2.24, 2.45) is 0 Å². The van der Waals surface area contributed by atoms with E-state index >= 15 is 0 Å². The van der Waals surface area contributed by atoms with E-state index in [1.165, 1.54) is 0 Å². The summed E-state index contributed by atoms with van der Waals surface area (Å²) in [4.78, 5) is 27.8. The number of carboxylic acid groups (broad SMARTS) is 1. The van der Waals surface area contributed by atoms with Crippen LogP contribution in [0.3, 0.4) is 0 Å². The van der Waals surface area contributed by atoms with Crippen molar-refractivity contribution in [3.63, 3.8) is 0 Å². The highest BCUT2D eigenvalue weighted by molar-refractivity contribution is 7.80. The van der Waals surface area contributed by atoms with E-state index in [4.69, 9.17) is 10.2 Å². The number of H-pyrrole nitrogens is 1. The molecule has 1 atom stereocenters. The van der Waals surface area contributed by atoms with Crippen molar-refractivity contribution in [3.8, 4) is 0 Å². The van der Waals surface area contributed by atoms with E-state index < -0.39 is 18.0 Å². The first-order valence-electron chi connectivity index (χ1n) is 4.06. The fourth-order valence-electron chi connectivity index (χ4n) is 0.884. The quantitative estimate of drug-likeness (QED) is 0.524. The van der Waals surface area contributed by atoms with E-state index in [2.05, 4.69) is 34.4 Å². The number of nitrogens with one attached hydrogen (secondary N) is 2. The Hall–Kier alpha value is -1.80. The molecule has 0 aliphatic rings. The first-order valence-corrected chi connectivity index (χ1v) is 4.47. The van der Waals surface area contributed by atoms with E-state index in [0.717, 1.165) is 6.33 Å². The first kappa shape index (κ1) is 12.3. The molecule has 0 aromatic carbocycles. The highest BCUT2D eigenvalue weighted by Crippen LogP contribution is 2.02. The monoisotopic (exact) mass is 242 g/mol. The van der Waals surface area contributed by atoms with Gasteiger partial charge in [0.05, 0.1) is 6.33 Å². The van der Waals surface area contributed by atoms with Gasteiger partial charge in [-0.25, -0.2) is 9.78 Å². The van der Waals surface area contributed by atoms with Crippen LogP contribution in [0.15, 0.2) is 6.33 Å². The second-order valence-corrected chi connectivity index (χ2v) is 3.21. The number of amides is 1. The SMILES string of the molecule is [CH2]C(O)C(=S)NC(=O)c1nc[nH]c1C(=O)O. The Morgan fingerprint density at radius 2 is 2.25 bits per heavy atom. The summed E-state index contributed by atoms with van der Waals surface area (Å²) in [6, 6.07) is 0. The number of thiocarbonyl (C=S) groups is 1. The van der Waals surface area contributed by atoms with Crippen LogP contribution in [0.25, 0.3) is 0 Å². The van der Waals surface area contributed by atoms with Gasteiger partial charge in [-0.05, 0) is 6.92 Å². The molecule has 7 nitrogen and oxygen atoms in total. The lowest BCUT2D eigenvalue weighted by molar-refractivity contribution is 0.0685. The van der Waals surface area contributed by atoms with Crippen LogP contribution in [0.4, 0.5) is 0 Å². The largest absolute Gasteiger partial charge is 0.477 e. The average molecular weight is 242 g/mol. The van der Waals surface area contributed by atoms with Crippen molar-refractivity contribution in [2.75, 3.05) is 0 Å². The first-order chi connectivity index (χ1) is 7.43. The summed E-state index contributed by atoms with van der Waals surface area (Å²) in [6.45, 7) is 3.19. The predicted octanol–water partition coefficient (Wildman–Crippen LogP) is -0.640. The van der Waals surface area contributed by atoms with Crippen LogP contribution in [0.1, 0.15) is 21.0 Å². The van der Waals surface area contributed by atoms with Crippen molar-refractivity contribution >= 4 is 29.1 Å². The molecule has 0 fully saturated rings. The Kier molecular flexibility index (Phi) is 3.69. The second kappa shape index (κ2) is 4.81. The molecule has 0 aliphatic heterocycles. The number of nitrogens with zero attached hydrogens (tertiary/aromatic N) is 1. The molecule has 8 heteroatoms. The Balaban J connectivity index is 2.85. The van der Waals surface area contributed by atoms with Gasteiger partial charge in [0, 0.05) is 0 Å². The summed E-state index contributed by atoms with van der Waals surface area (Å²) < 4.78 is 0. The zero-order valence-corrected chi connectivity index (χ0v) is 8.74. The topological polar surface area (TPSA) is 115 Å². The number of aromatic amines is 1. The van der Waals surface area contributed by atoms with Gasteiger partial charge < -0.3 is 20.5 Å². The molecule has 0 aliphatic carbocycles. The molecule has 0 saturated heterocycles. The lowest BCUT2D eigenvalue weighted by Crippen LogP contribution is -2.36. The van der Waals surface area contributed by atoms with E-state index in [-0.39, 0.29) is 16.4 Å². The van der Waals surface area contributed by atoms with Gasteiger partial charge in [-0.15, -0.1) is 0 Å².